The van der Waals surface area contributed by atoms with Crippen LogP contribution in [0.2, 0.25) is 0 Å². The number of aromatic nitrogens is 1. The quantitative estimate of drug-likeness (QED) is 0.885. The minimum Gasteiger partial charge on any atom is -0.309 e. The number of likely N-dealkylation sites (tertiary alicyclic amines) is 1. The van der Waals surface area contributed by atoms with Crippen molar-refractivity contribution in [2.24, 2.45) is 0 Å². The van der Waals surface area contributed by atoms with E-state index in [2.05, 4.69) is 45.5 Å². The van der Waals surface area contributed by atoms with Gasteiger partial charge in [0, 0.05) is 30.7 Å². The Bertz CT molecular complexity index is 492. The van der Waals surface area contributed by atoms with Crippen molar-refractivity contribution >= 4 is 11.3 Å². The molecule has 2 heterocycles. The van der Waals surface area contributed by atoms with E-state index in [0.29, 0.717) is 6.04 Å². The SMILES string of the molecule is c1ccc(C(CNCc2nccs2)N2CCCC2)cc1. The molecule has 3 rings (SSSR count). The summed E-state index contributed by atoms with van der Waals surface area (Å²) < 4.78 is 0. The van der Waals surface area contributed by atoms with Crippen LogP contribution in [0.5, 0.6) is 0 Å². The van der Waals surface area contributed by atoms with E-state index in [1.165, 1.54) is 36.5 Å². The third kappa shape index (κ3) is 3.45. The molecule has 1 N–H and O–H groups in total. The van der Waals surface area contributed by atoms with Crippen LogP contribution in [-0.4, -0.2) is 29.5 Å². The Morgan fingerprint density at radius 1 is 1.20 bits per heavy atom. The highest BCUT2D eigenvalue weighted by atomic mass is 32.1. The molecule has 2 aromatic rings. The number of nitrogens with zero attached hydrogens (tertiary/aromatic N) is 2. The Kier molecular flexibility index (Phi) is 4.79. The van der Waals surface area contributed by atoms with Crippen molar-refractivity contribution in [3.05, 3.63) is 52.5 Å². The first-order chi connectivity index (χ1) is 9.93. The van der Waals surface area contributed by atoms with E-state index in [-0.39, 0.29) is 0 Å². The molecule has 1 saturated heterocycles. The van der Waals surface area contributed by atoms with Crippen molar-refractivity contribution in [1.29, 1.82) is 0 Å². The van der Waals surface area contributed by atoms with Gasteiger partial charge in [-0.25, -0.2) is 4.98 Å². The largest absolute Gasteiger partial charge is 0.309 e. The molecule has 1 unspecified atom stereocenters. The second kappa shape index (κ2) is 6.97. The van der Waals surface area contributed by atoms with Crippen molar-refractivity contribution < 1.29 is 0 Å². The molecule has 0 radical (unpaired) electrons. The molecule has 3 nitrogen and oxygen atoms in total. The Labute approximate surface area is 124 Å². The van der Waals surface area contributed by atoms with Gasteiger partial charge in [0.1, 0.15) is 5.01 Å². The lowest BCUT2D eigenvalue weighted by molar-refractivity contribution is 0.238. The fraction of sp³-hybridized carbons (Fsp3) is 0.438. The first kappa shape index (κ1) is 13.7. The van der Waals surface area contributed by atoms with Crippen LogP contribution >= 0.6 is 11.3 Å². The second-order valence-electron chi connectivity index (χ2n) is 5.23. The second-order valence-corrected chi connectivity index (χ2v) is 6.21. The maximum atomic E-state index is 4.33. The Balaban J connectivity index is 1.63. The average molecular weight is 287 g/mol. The van der Waals surface area contributed by atoms with Gasteiger partial charge in [-0.15, -0.1) is 11.3 Å². The fourth-order valence-electron chi connectivity index (χ4n) is 2.84. The minimum absolute atomic E-state index is 0.485. The maximum absolute atomic E-state index is 4.33. The molecular formula is C16H21N3S. The molecule has 1 fully saturated rings. The Hall–Kier alpha value is -1.23. The van der Waals surface area contributed by atoms with Crippen molar-refractivity contribution in [3.63, 3.8) is 0 Å². The van der Waals surface area contributed by atoms with Gasteiger partial charge in [0.05, 0.1) is 0 Å². The predicted molar refractivity (Wildman–Crippen MR) is 83.8 cm³/mol. The van der Waals surface area contributed by atoms with Crippen molar-refractivity contribution in [2.45, 2.75) is 25.4 Å². The molecule has 1 aliphatic rings. The van der Waals surface area contributed by atoms with E-state index < -0.39 is 0 Å². The number of hydrogen-bond acceptors (Lipinski definition) is 4. The summed E-state index contributed by atoms with van der Waals surface area (Å²) in [4.78, 5) is 6.93. The summed E-state index contributed by atoms with van der Waals surface area (Å²) in [5, 5.41) is 6.77. The molecule has 106 valence electrons. The van der Waals surface area contributed by atoms with Crippen LogP contribution in [0.25, 0.3) is 0 Å². The van der Waals surface area contributed by atoms with E-state index in [4.69, 9.17) is 0 Å². The van der Waals surface area contributed by atoms with Crippen LogP contribution in [-0.2, 0) is 6.54 Å². The van der Waals surface area contributed by atoms with Gasteiger partial charge in [-0.3, -0.25) is 4.90 Å². The van der Waals surface area contributed by atoms with Crippen LogP contribution < -0.4 is 5.32 Å². The number of rotatable bonds is 6. The van der Waals surface area contributed by atoms with Crippen LogP contribution in [0, 0.1) is 0 Å². The molecule has 1 aromatic carbocycles. The molecule has 0 spiro atoms. The predicted octanol–water partition coefficient (Wildman–Crippen LogP) is 3.07. The van der Waals surface area contributed by atoms with Gasteiger partial charge in [0.15, 0.2) is 0 Å². The number of benzene rings is 1. The topological polar surface area (TPSA) is 28.2 Å². The summed E-state index contributed by atoms with van der Waals surface area (Å²) in [6.45, 7) is 4.30. The summed E-state index contributed by atoms with van der Waals surface area (Å²) in [5.41, 5.74) is 1.42. The highest BCUT2D eigenvalue weighted by molar-refractivity contribution is 7.09. The number of thiazole rings is 1. The molecular weight excluding hydrogens is 266 g/mol. The van der Waals surface area contributed by atoms with E-state index >= 15 is 0 Å². The zero-order valence-corrected chi connectivity index (χ0v) is 12.5. The zero-order chi connectivity index (χ0) is 13.6. The fourth-order valence-corrected chi connectivity index (χ4v) is 3.43. The third-order valence-corrected chi connectivity index (χ3v) is 4.64. The van der Waals surface area contributed by atoms with E-state index in [9.17, 15) is 0 Å². The molecule has 0 bridgehead atoms. The molecule has 0 amide bonds. The average Bonchev–Trinajstić information content (AvgIpc) is 3.18. The number of hydrogen-bond donors (Lipinski definition) is 1. The van der Waals surface area contributed by atoms with Gasteiger partial charge < -0.3 is 5.32 Å². The highest BCUT2D eigenvalue weighted by Crippen LogP contribution is 2.24. The van der Waals surface area contributed by atoms with Gasteiger partial charge in [-0.1, -0.05) is 30.3 Å². The molecule has 20 heavy (non-hydrogen) atoms. The lowest BCUT2D eigenvalue weighted by Gasteiger charge is -2.28. The highest BCUT2D eigenvalue weighted by Gasteiger charge is 2.22. The third-order valence-electron chi connectivity index (χ3n) is 3.86. The van der Waals surface area contributed by atoms with Crippen LogP contribution in [0.3, 0.4) is 0 Å². The first-order valence-corrected chi connectivity index (χ1v) is 8.19. The molecule has 1 aromatic heterocycles. The van der Waals surface area contributed by atoms with E-state index in [1.807, 2.05) is 11.6 Å². The molecule has 0 saturated carbocycles. The monoisotopic (exact) mass is 287 g/mol. The molecule has 4 heteroatoms. The van der Waals surface area contributed by atoms with Crippen LogP contribution in [0.15, 0.2) is 41.9 Å². The standard InChI is InChI=1S/C16H21N3S/c1-2-6-14(7-3-1)15(19-9-4-5-10-19)12-17-13-16-18-8-11-20-16/h1-3,6-8,11,15,17H,4-5,9-10,12-13H2. The Morgan fingerprint density at radius 2 is 2.00 bits per heavy atom. The van der Waals surface area contributed by atoms with E-state index in [0.717, 1.165) is 13.1 Å². The van der Waals surface area contributed by atoms with Gasteiger partial charge in [0.25, 0.3) is 0 Å². The number of nitrogens with one attached hydrogen (secondary N) is 1. The lowest BCUT2D eigenvalue weighted by atomic mass is 10.1. The van der Waals surface area contributed by atoms with Gasteiger partial charge in [0.2, 0.25) is 0 Å². The maximum Gasteiger partial charge on any atom is 0.106 e. The van der Waals surface area contributed by atoms with Crippen molar-refractivity contribution in [1.82, 2.24) is 15.2 Å². The molecule has 1 atom stereocenters. The van der Waals surface area contributed by atoms with Gasteiger partial charge >= 0.3 is 0 Å². The van der Waals surface area contributed by atoms with Gasteiger partial charge in [-0.05, 0) is 31.5 Å². The van der Waals surface area contributed by atoms with Crippen LogP contribution in [0.4, 0.5) is 0 Å². The molecule has 0 aliphatic carbocycles. The summed E-state index contributed by atoms with van der Waals surface area (Å²) in [6.07, 6.45) is 4.53. The Morgan fingerprint density at radius 3 is 2.70 bits per heavy atom. The van der Waals surface area contributed by atoms with E-state index in [1.54, 1.807) is 11.3 Å². The zero-order valence-electron chi connectivity index (χ0n) is 11.7. The summed E-state index contributed by atoms with van der Waals surface area (Å²) in [7, 11) is 0. The van der Waals surface area contributed by atoms with Gasteiger partial charge in [-0.2, -0.15) is 0 Å². The normalized spacial score (nSPS) is 17.4. The minimum atomic E-state index is 0.485. The van der Waals surface area contributed by atoms with Crippen molar-refractivity contribution in [2.75, 3.05) is 19.6 Å². The summed E-state index contributed by atoms with van der Waals surface area (Å²) in [5.74, 6) is 0. The summed E-state index contributed by atoms with van der Waals surface area (Å²) in [6, 6.07) is 11.3. The lowest BCUT2D eigenvalue weighted by Crippen LogP contribution is -2.33. The molecule has 1 aliphatic heterocycles. The summed E-state index contributed by atoms with van der Waals surface area (Å²) >= 11 is 1.72. The smallest absolute Gasteiger partial charge is 0.106 e. The van der Waals surface area contributed by atoms with Crippen LogP contribution in [0.1, 0.15) is 29.5 Å². The van der Waals surface area contributed by atoms with Crippen molar-refractivity contribution in [3.8, 4) is 0 Å². The first-order valence-electron chi connectivity index (χ1n) is 7.31.